The van der Waals surface area contributed by atoms with E-state index in [-0.39, 0.29) is 6.04 Å². The Labute approximate surface area is 132 Å². The summed E-state index contributed by atoms with van der Waals surface area (Å²) in [7, 11) is 2.03. The number of nitrogens with zero attached hydrogens (tertiary/aromatic N) is 1. The van der Waals surface area contributed by atoms with Gasteiger partial charge in [-0.3, -0.25) is 0 Å². The molecule has 0 aromatic heterocycles. The van der Waals surface area contributed by atoms with Gasteiger partial charge in [-0.05, 0) is 49.6 Å². The monoisotopic (exact) mass is 302 g/mol. The third-order valence-corrected chi connectivity index (χ3v) is 4.12. The predicted octanol–water partition coefficient (Wildman–Crippen LogP) is 4.70. The minimum atomic E-state index is 0.196. The maximum Gasteiger partial charge on any atom is 0.0645 e. The largest absolute Gasteiger partial charge is 0.343 e. The Kier molecular flexibility index (Phi) is 5.27. The second-order valence-corrected chi connectivity index (χ2v) is 5.96. The van der Waals surface area contributed by atoms with Crippen LogP contribution in [0.15, 0.2) is 42.5 Å². The molecule has 21 heavy (non-hydrogen) atoms. The summed E-state index contributed by atoms with van der Waals surface area (Å²) in [4.78, 5) is 2.10. The number of aryl methyl sites for hydroxylation is 1. The van der Waals surface area contributed by atoms with E-state index < -0.39 is 0 Å². The van der Waals surface area contributed by atoms with Crippen molar-refractivity contribution >= 4 is 23.0 Å². The lowest BCUT2D eigenvalue weighted by Gasteiger charge is -2.22. The van der Waals surface area contributed by atoms with E-state index >= 15 is 0 Å². The molecule has 2 rings (SSSR count). The van der Waals surface area contributed by atoms with Crippen LogP contribution in [0.1, 0.15) is 24.5 Å². The lowest BCUT2D eigenvalue weighted by atomic mass is 10.0. The molecule has 2 nitrogen and oxygen atoms in total. The summed E-state index contributed by atoms with van der Waals surface area (Å²) in [5, 5.41) is 0.763. The average molecular weight is 303 g/mol. The molecule has 0 saturated carbocycles. The number of nitrogens with two attached hydrogens (primary N) is 1. The molecule has 1 atom stereocenters. The molecule has 2 N–H and O–H groups in total. The minimum absolute atomic E-state index is 0.196. The highest BCUT2D eigenvalue weighted by Gasteiger charge is 2.10. The molecule has 0 fully saturated rings. The first-order valence-electron chi connectivity index (χ1n) is 7.35. The second kappa shape index (κ2) is 6.97. The lowest BCUT2D eigenvalue weighted by Crippen LogP contribution is -2.21. The third kappa shape index (κ3) is 3.99. The lowest BCUT2D eigenvalue weighted by molar-refractivity contribution is 0.646. The van der Waals surface area contributed by atoms with Gasteiger partial charge in [-0.25, -0.2) is 0 Å². The van der Waals surface area contributed by atoms with Gasteiger partial charge in [0.2, 0.25) is 0 Å². The van der Waals surface area contributed by atoms with Crippen LogP contribution in [0.4, 0.5) is 11.4 Å². The summed E-state index contributed by atoms with van der Waals surface area (Å²) in [5.41, 5.74) is 10.6. The van der Waals surface area contributed by atoms with Crippen LogP contribution in [0.25, 0.3) is 0 Å². The first kappa shape index (κ1) is 15.9. The van der Waals surface area contributed by atoms with E-state index in [1.165, 1.54) is 11.1 Å². The molecule has 1 unspecified atom stereocenters. The zero-order valence-electron chi connectivity index (χ0n) is 12.9. The summed E-state index contributed by atoms with van der Waals surface area (Å²) >= 11 is 6.45. The molecular weight excluding hydrogens is 280 g/mol. The van der Waals surface area contributed by atoms with Crippen molar-refractivity contribution in [3.63, 3.8) is 0 Å². The quantitative estimate of drug-likeness (QED) is 0.867. The molecule has 0 aliphatic rings. The van der Waals surface area contributed by atoms with Crippen LogP contribution in [0.5, 0.6) is 0 Å². The normalized spacial score (nSPS) is 12.2. The van der Waals surface area contributed by atoms with Gasteiger partial charge in [0.25, 0.3) is 0 Å². The highest BCUT2D eigenvalue weighted by atomic mass is 35.5. The summed E-state index contributed by atoms with van der Waals surface area (Å²) in [5.74, 6) is 0. The molecule has 0 radical (unpaired) electrons. The fourth-order valence-electron chi connectivity index (χ4n) is 2.30. The molecule has 0 aliphatic heterocycles. The van der Waals surface area contributed by atoms with Gasteiger partial charge in [0.05, 0.1) is 10.7 Å². The summed E-state index contributed by atoms with van der Waals surface area (Å²) < 4.78 is 0. The highest BCUT2D eigenvalue weighted by Crippen LogP contribution is 2.31. The zero-order valence-corrected chi connectivity index (χ0v) is 13.7. The number of hydrogen-bond donors (Lipinski definition) is 1. The van der Waals surface area contributed by atoms with Crippen molar-refractivity contribution in [1.82, 2.24) is 0 Å². The van der Waals surface area contributed by atoms with Crippen molar-refractivity contribution in [2.75, 3.05) is 11.9 Å². The smallest absolute Gasteiger partial charge is 0.0645 e. The van der Waals surface area contributed by atoms with Crippen molar-refractivity contribution in [3.8, 4) is 0 Å². The van der Waals surface area contributed by atoms with Crippen LogP contribution < -0.4 is 10.6 Å². The van der Waals surface area contributed by atoms with E-state index in [4.69, 9.17) is 17.3 Å². The number of rotatable bonds is 5. The van der Waals surface area contributed by atoms with E-state index in [1.807, 2.05) is 13.1 Å². The Balaban J connectivity index is 2.22. The predicted molar refractivity (Wildman–Crippen MR) is 92.7 cm³/mol. The average Bonchev–Trinajstić information content (AvgIpc) is 2.47. The van der Waals surface area contributed by atoms with Crippen LogP contribution in [0, 0.1) is 6.92 Å². The number of hydrogen-bond acceptors (Lipinski definition) is 2. The Morgan fingerprint density at radius 1 is 1.14 bits per heavy atom. The minimum Gasteiger partial charge on any atom is -0.343 e. The first-order valence-corrected chi connectivity index (χ1v) is 7.73. The molecule has 3 heteroatoms. The topological polar surface area (TPSA) is 29.3 Å². The van der Waals surface area contributed by atoms with E-state index in [9.17, 15) is 0 Å². The van der Waals surface area contributed by atoms with Crippen LogP contribution in [0.2, 0.25) is 5.02 Å². The van der Waals surface area contributed by atoms with Gasteiger partial charge in [-0.15, -0.1) is 0 Å². The number of benzene rings is 2. The Morgan fingerprint density at radius 2 is 1.81 bits per heavy atom. The molecule has 0 saturated heterocycles. The Hall–Kier alpha value is -1.51. The third-order valence-electron chi connectivity index (χ3n) is 3.82. The fraction of sp³-hybridized carbons (Fsp3) is 0.333. The van der Waals surface area contributed by atoms with Gasteiger partial charge in [0, 0.05) is 18.8 Å². The highest BCUT2D eigenvalue weighted by molar-refractivity contribution is 6.33. The van der Waals surface area contributed by atoms with Crippen molar-refractivity contribution in [1.29, 1.82) is 0 Å². The number of anilines is 2. The van der Waals surface area contributed by atoms with Crippen LogP contribution in [-0.2, 0) is 6.42 Å². The van der Waals surface area contributed by atoms with Crippen LogP contribution in [0.3, 0.4) is 0 Å². The molecule has 0 bridgehead atoms. The van der Waals surface area contributed by atoms with Crippen molar-refractivity contribution in [2.24, 2.45) is 5.73 Å². The maximum atomic E-state index is 6.45. The number of halogens is 1. The van der Waals surface area contributed by atoms with Gasteiger partial charge in [0.1, 0.15) is 0 Å². The van der Waals surface area contributed by atoms with E-state index in [2.05, 4.69) is 55.1 Å². The van der Waals surface area contributed by atoms with E-state index in [1.54, 1.807) is 0 Å². The fourth-order valence-corrected chi connectivity index (χ4v) is 2.63. The molecule has 2 aromatic rings. The molecule has 112 valence electrons. The molecule has 0 heterocycles. The first-order chi connectivity index (χ1) is 10.0. The molecule has 0 amide bonds. The molecule has 0 aliphatic carbocycles. The van der Waals surface area contributed by atoms with Gasteiger partial charge in [0.15, 0.2) is 0 Å². The van der Waals surface area contributed by atoms with Gasteiger partial charge >= 0.3 is 0 Å². The van der Waals surface area contributed by atoms with Crippen molar-refractivity contribution < 1.29 is 0 Å². The molecule has 2 aromatic carbocycles. The summed E-state index contributed by atoms with van der Waals surface area (Å²) in [6, 6.07) is 14.8. The van der Waals surface area contributed by atoms with Gasteiger partial charge in [-0.1, -0.05) is 42.3 Å². The van der Waals surface area contributed by atoms with E-state index in [0.717, 1.165) is 29.2 Å². The molecular formula is C18H23ClN2. The SMILES string of the molecule is CCC(N)Cc1ccc(N(C)c2ccc(C)cc2)c(Cl)c1. The van der Waals surface area contributed by atoms with Gasteiger partial charge in [-0.2, -0.15) is 0 Å². The van der Waals surface area contributed by atoms with Crippen LogP contribution in [-0.4, -0.2) is 13.1 Å². The van der Waals surface area contributed by atoms with E-state index in [0.29, 0.717) is 0 Å². The summed E-state index contributed by atoms with van der Waals surface area (Å²) in [6.07, 6.45) is 1.84. The van der Waals surface area contributed by atoms with Crippen molar-refractivity contribution in [3.05, 3.63) is 58.6 Å². The Bertz CT molecular complexity index is 593. The second-order valence-electron chi connectivity index (χ2n) is 5.55. The summed E-state index contributed by atoms with van der Waals surface area (Å²) in [6.45, 7) is 4.19. The maximum absolute atomic E-state index is 6.45. The van der Waals surface area contributed by atoms with Gasteiger partial charge < -0.3 is 10.6 Å². The standard InChI is InChI=1S/C18H23ClN2/c1-4-15(20)11-14-7-10-18(17(19)12-14)21(3)16-8-5-13(2)6-9-16/h5-10,12,15H,4,11,20H2,1-3H3. The molecule has 0 spiro atoms. The zero-order chi connectivity index (χ0) is 15.4. The Morgan fingerprint density at radius 3 is 2.38 bits per heavy atom. The van der Waals surface area contributed by atoms with Crippen molar-refractivity contribution in [2.45, 2.75) is 32.7 Å². The van der Waals surface area contributed by atoms with Crippen LogP contribution >= 0.6 is 11.6 Å².